The van der Waals surface area contributed by atoms with Gasteiger partial charge < -0.3 is 5.32 Å². The minimum Gasteiger partial charge on any atom is -0.382 e. The van der Waals surface area contributed by atoms with Crippen LogP contribution < -0.4 is 5.32 Å². The summed E-state index contributed by atoms with van der Waals surface area (Å²) in [5.41, 5.74) is 1.62. The van der Waals surface area contributed by atoms with E-state index in [9.17, 15) is 10.1 Å². The minimum absolute atomic E-state index is 0.128. The van der Waals surface area contributed by atoms with Crippen LogP contribution in [0.15, 0.2) is 22.7 Å². The maximum Gasteiger partial charge on any atom is 0.285 e. The number of nitro benzene ring substituents is 1. The maximum absolute atomic E-state index is 11.0. The van der Waals surface area contributed by atoms with Gasteiger partial charge in [-0.3, -0.25) is 10.1 Å². The second kappa shape index (κ2) is 5.95. The van der Waals surface area contributed by atoms with E-state index < -0.39 is 0 Å². The molecule has 0 aromatic heterocycles. The van der Waals surface area contributed by atoms with Gasteiger partial charge in [0.1, 0.15) is 0 Å². The van der Waals surface area contributed by atoms with Crippen LogP contribution >= 0.6 is 15.9 Å². The third kappa shape index (κ3) is 3.23. The molecular weight excluding hydrogens is 332 g/mol. The summed E-state index contributed by atoms with van der Waals surface area (Å²) in [5.74, 6) is 0. The number of hydrogen-bond donors (Lipinski definition) is 1. The van der Waals surface area contributed by atoms with Crippen molar-refractivity contribution in [1.29, 1.82) is 0 Å². The summed E-state index contributed by atoms with van der Waals surface area (Å²) in [7, 11) is 0. The zero-order valence-corrected chi connectivity index (χ0v) is 13.7. The van der Waals surface area contributed by atoms with Crippen molar-refractivity contribution in [3.63, 3.8) is 0 Å². The lowest BCUT2D eigenvalue weighted by Crippen LogP contribution is -2.31. The summed E-state index contributed by atoms with van der Waals surface area (Å²) in [4.78, 5) is 10.6. The van der Waals surface area contributed by atoms with Crippen molar-refractivity contribution in [2.24, 2.45) is 5.41 Å². The maximum atomic E-state index is 11.0. The molecule has 0 heterocycles. The molecule has 2 aliphatic carbocycles. The van der Waals surface area contributed by atoms with Crippen LogP contribution in [-0.2, 0) is 0 Å². The van der Waals surface area contributed by atoms with E-state index >= 15 is 0 Å². The molecule has 5 heteroatoms. The van der Waals surface area contributed by atoms with E-state index in [0.29, 0.717) is 15.9 Å². The molecule has 0 saturated heterocycles. The number of nitrogens with one attached hydrogen (secondary N) is 1. The van der Waals surface area contributed by atoms with E-state index in [1.807, 2.05) is 6.07 Å². The van der Waals surface area contributed by atoms with Crippen LogP contribution in [-0.4, -0.2) is 11.0 Å². The number of nitrogens with zero attached hydrogens (tertiary/aromatic N) is 1. The first kappa shape index (κ1) is 14.8. The monoisotopic (exact) mass is 352 g/mol. The van der Waals surface area contributed by atoms with Gasteiger partial charge in [-0.05, 0) is 72.0 Å². The molecule has 3 rings (SSSR count). The first-order valence-corrected chi connectivity index (χ1v) is 8.58. The van der Waals surface area contributed by atoms with Crippen molar-refractivity contribution in [2.75, 3.05) is 5.32 Å². The number of hydrogen-bond acceptors (Lipinski definition) is 3. The van der Waals surface area contributed by atoms with Crippen molar-refractivity contribution in [1.82, 2.24) is 0 Å². The van der Waals surface area contributed by atoms with Gasteiger partial charge in [-0.2, -0.15) is 0 Å². The molecule has 1 aromatic carbocycles. The summed E-state index contributed by atoms with van der Waals surface area (Å²) in [6.07, 6.45) is 10.6. The van der Waals surface area contributed by atoms with Gasteiger partial charge in [0.2, 0.25) is 0 Å². The van der Waals surface area contributed by atoms with Gasteiger partial charge in [-0.25, -0.2) is 0 Å². The first-order valence-electron chi connectivity index (χ1n) is 7.79. The fraction of sp³-hybridized carbons (Fsp3) is 0.625. The van der Waals surface area contributed by atoms with Crippen molar-refractivity contribution in [3.8, 4) is 0 Å². The predicted octanol–water partition coefficient (Wildman–Crippen LogP) is 5.27. The smallest absolute Gasteiger partial charge is 0.285 e. The molecule has 0 unspecified atom stereocenters. The van der Waals surface area contributed by atoms with Crippen LogP contribution in [0.25, 0.3) is 0 Å². The molecule has 0 bridgehead atoms. The third-order valence-electron chi connectivity index (χ3n) is 5.22. The van der Waals surface area contributed by atoms with Gasteiger partial charge in [0.05, 0.1) is 9.40 Å². The Balaban J connectivity index is 1.63. The normalized spacial score (nSPS) is 21.6. The van der Waals surface area contributed by atoms with E-state index in [2.05, 4.69) is 21.2 Å². The van der Waals surface area contributed by atoms with Crippen LogP contribution in [0, 0.1) is 15.5 Å². The number of benzene rings is 1. The van der Waals surface area contributed by atoms with Crippen LogP contribution in [0.1, 0.15) is 51.4 Å². The van der Waals surface area contributed by atoms with E-state index in [0.717, 1.165) is 5.69 Å². The van der Waals surface area contributed by atoms with Crippen molar-refractivity contribution >= 4 is 27.3 Å². The molecule has 1 spiro atoms. The third-order valence-corrected chi connectivity index (χ3v) is 5.89. The van der Waals surface area contributed by atoms with Crippen molar-refractivity contribution in [2.45, 2.75) is 57.4 Å². The molecule has 2 saturated carbocycles. The molecule has 0 amide bonds. The summed E-state index contributed by atoms with van der Waals surface area (Å²) in [6, 6.07) is 5.75. The molecular formula is C16H21BrN2O2. The average Bonchev–Trinajstić information content (AvgIpc) is 2.92. The van der Waals surface area contributed by atoms with E-state index in [4.69, 9.17) is 0 Å². The molecule has 4 nitrogen and oxygen atoms in total. The first-order chi connectivity index (χ1) is 10.1. The van der Waals surface area contributed by atoms with Crippen LogP contribution in [0.5, 0.6) is 0 Å². The largest absolute Gasteiger partial charge is 0.382 e. The SMILES string of the molecule is O=[N+]([O-])c1cc(NC2CCC3(CCCC3)CC2)ccc1Br. The Kier molecular flexibility index (Phi) is 4.20. The zero-order valence-electron chi connectivity index (χ0n) is 12.1. The average molecular weight is 353 g/mol. The van der Waals surface area contributed by atoms with E-state index in [-0.39, 0.29) is 10.6 Å². The topological polar surface area (TPSA) is 55.2 Å². The summed E-state index contributed by atoms with van der Waals surface area (Å²) >= 11 is 3.23. The second-order valence-electron chi connectivity index (χ2n) is 6.55. The molecule has 0 atom stereocenters. The number of rotatable bonds is 3. The van der Waals surface area contributed by atoms with Gasteiger partial charge in [0.15, 0.2) is 0 Å². The number of anilines is 1. The molecule has 1 N–H and O–H groups in total. The van der Waals surface area contributed by atoms with Crippen LogP contribution in [0.2, 0.25) is 0 Å². The number of nitro groups is 1. The Labute approximate surface area is 133 Å². The molecule has 2 aliphatic rings. The zero-order chi connectivity index (χ0) is 14.9. The fourth-order valence-corrected chi connectivity index (χ4v) is 4.37. The highest BCUT2D eigenvalue weighted by Gasteiger charge is 2.37. The van der Waals surface area contributed by atoms with Crippen LogP contribution in [0.3, 0.4) is 0 Å². The molecule has 0 aliphatic heterocycles. The summed E-state index contributed by atoms with van der Waals surface area (Å²) < 4.78 is 0.534. The van der Waals surface area contributed by atoms with Gasteiger partial charge >= 0.3 is 0 Å². The van der Waals surface area contributed by atoms with Crippen LogP contribution in [0.4, 0.5) is 11.4 Å². The minimum atomic E-state index is -0.344. The molecule has 21 heavy (non-hydrogen) atoms. The lowest BCUT2D eigenvalue weighted by Gasteiger charge is -2.37. The Bertz CT molecular complexity index is 531. The molecule has 1 aromatic rings. The molecule has 114 valence electrons. The Morgan fingerprint density at radius 2 is 1.86 bits per heavy atom. The lowest BCUT2D eigenvalue weighted by molar-refractivity contribution is -0.385. The molecule has 0 radical (unpaired) electrons. The van der Waals surface area contributed by atoms with E-state index in [1.54, 1.807) is 12.1 Å². The summed E-state index contributed by atoms with van der Waals surface area (Å²) in [6.45, 7) is 0. The Morgan fingerprint density at radius 3 is 2.48 bits per heavy atom. The standard InChI is InChI=1S/C16H21BrN2O2/c17-14-4-3-13(11-15(14)19(20)21)18-12-5-9-16(10-6-12)7-1-2-8-16/h3-4,11-12,18H,1-2,5-10H2. The highest BCUT2D eigenvalue weighted by atomic mass is 79.9. The van der Waals surface area contributed by atoms with E-state index in [1.165, 1.54) is 51.4 Å². The summed E-state index contributed by atoms with van der Waals surface area (Å²) in [5, 5.41) is 14.5. The quantitative estimate of drug-likeness (QED) is 0.595. The Morgan fingerprint density at radius 1 is 1.19 bits per heavy atom. The molecule has 2 fully saturated rings. The van der Waals surface area contributed by atoms with Crippen molar-refractivity contribution < 1.29 is 4.92 Å². The van der Waals surface area contributed by atoms with Gasteiger partial charge in [-0.15, -0.1) is 0 Å². The fourth-order valence-electron chi connectivity index (χ4n) is 3.98. The highest BCUT2D eigenvalue weighted by molar-refractivity contribution is 9.10. The van der Waals surface area contributed by atoms with Gasteiger partial charge in [0.25, 0.3) is 5.69 Å². The van der Waals surface area contributed by atoms with Gasteiger partial charge in [-0.1, -0.05) is 12.8 Å². The van der Waals surface area contributed by atoms with Gasteiger partial charge in [0, 0.05) is 17.8 Å². The van der Waals surface area contributed by atoms with Crippen molar-refractivity contribution in [3.05, 3.63) is 32.8 Å². The Hall–Kier alpha value is -1.10. The lowest BCUT2D eigenvalue weighted by atomic mass is 9.71. The highest BCUT2D eigenvalue weighted by Crippen LogP contribution is 2.49. The predicted molar refractivity (Wildman–Crippen MR) is 87.6 cm³/mol. The second-order valence-corrected chi connectivity index (χ2v) is 7.40. The number of halogens is 1.